The maximum absolute atomic E-state index is 11.7. The lowest BCUT2D eigenvalue weighted by molar-refractivity contribution is -0.122. The Labute approximate surface area is 120 Å². The van der Waals surface area contributed by atoms with Gasteiger partial charge in [0.2, 0.25) is 5.91 Å². The first-order valence-corrected chi connectivity index (χ1v) is 7.14. The van der Waals surface area contributed by atoms with Crippen molar-refractivity contribution in [1.29, 1.82) is 0 Å². The number of ether oxygens (including phenoxy) is 1. The van der Waals surface area contributed by atoms with Gasteiger partial charge in [-0.15, -0.1) is 6.58 Å². The van der Waals surface area contributed by atoms with Gasteiger partial charge in [0.25, 0.3) is 0 Å². The Balaban J connectivity index is 2.29. The molecule has 1 aliphatic rings. The Kier molecular flexibility index (Phi) is 7.08. The first-order chi connectivity index (χ1) is 9.58. The zero-order valence-electron chi connectivity index (χ0n) is 12.4. The SMILES string of the molecule is C=CCNC(=O)C(C)NC1CCN(C(=O)OCC)CC1. The van der Waals surface area contributed by atoms with E-state index in [9.17, 15) is 9.59 Å². The summed E-state index contributed by atoms with van der Waals surface area (Å²) in [5, 5.41) is 6.06. The van der Waals surface area contributed by atoms with E-state index < -0.39 is 0 Å². The minimum absolute atomic E-state index is 0.0299. The van der Waals surface area contributed by atoms with Crippen LogP contribution >= 0.6 is 0 Å². The maximum Gasteiger partial charge on any atom is 0.409 e. The van der Waals surface area contributed by atoms with E-state index >= 15 is 0 Å². The van der Waals surface area contributed by atoms with Crippen molar-refractivity contribution < 1.29 is 14.3 Å². The van der Waals surface area contributed by atoms with Gasteiger partial charge in [-0.05, 0) is 26.7 Å². The summed E-state index contributed by atoms with van der Waals surface area (Å²) < 4.78 is 4.97. The molecule has 1 saturated heterocycles. The molecule has 1 fully saturated rings. The molecule has 1 atom stereocenters. The van der Waals surface area contributed by atoms with E-state index in [2.05, 4.69) is 17.2 Å². The zero-order chi connectivity index (χ0) is 15.0. The molecule has 1 aliphatic heterocycles. The Bertz CT molecular complexity index is 339. The van der Waals surface area contributed by atoms with E-state index in [1.165, 1.54) is 0 Å². The lowest BCUT2D eigenvalue weighted by atomic mass is 10.0. The molecule has 1 heterocycles. The molecule has 0 aromatic heterocycles. The van der Waals surface area contributed by atoms with E-state index in [1.807, 2.05) is 6.92 Å². The predicted octanol–water partition coefficient (Wildman–Crippen LogP) is 0.888. The molecule has 114 valence electrons. The summed E-state index contributed by atoms with van der Waals surface area (Å²) in [5.41, 5.74) is 0. The molecule has 2 N–H and O–H groups in total. The lowest BCUT2D eigenvalue weighted by Gasteiger charge is -2.33. The highest BCUT2D eigenvalue weighted by atomic mass is 16.6. The van der Waals surface area contributed by atoms with E-state index in [0.717, 1.165) is 12.8 Å². The van der Waals surface area contributed by atoms with Crippen molar-refractivity contribution in [3.8, 4) is 0 Å². The Hall–Kier alpha value is -1.56. The van der Waals surface area contributed by atoms with Gasteiger partial charge in [0.15, 0.2) is 0 Å². The van der Waals surface area contributed by atoms with Crippen LogP contribution in [-0.2, 0) is 9.53 Å². The molecule has 0 spiro atoms. The number of likely N-dealkylation sites (tertiary alicyclic amines) is 1. The fourth-order valence-corrected chi connectivity index (χ4v) is 2.20. The second-order valence-electron chi connectivity index (χ2n) is 4.88. The molecule has 0 radical (unpaired) electrons. The van der Waals surface area contributed by atoms with E-state index in [-0.39, 0.29) is 24.1 Å². The number of amides is 2. The topological polar surface area (TPSA) is 70.7 Å². The van der Waals surface area contributed by atoms with E-state index in [4.69, 9.17) is 4.74 Å². The number of nitrogens with zero attached hydrogens (tertiary/aromatic N) is 1. The Morgan fingerprint density at radius 3 is 2.65 bits per heavy atom. The third-order valence-corrected chi connectivity index (χ3v) is 3.32. The van der Waals surface area contributed by atoms with Gasteiger partial charge in [-0.1, -0.05) is 6.08 Å². The highest BCUT2D eigenvalue weighted by Crippen LogP contribution is 2.12. The lowest BCUT2D eigenvalue weighted by Crippen LogP contribution is -2.51. The molecule has 0 saturated carbocycles. The van der Waals surface area contributed by atoms with Crippen molar-refractivity contribution in [1.82, 2.24) is 15.5 Å². The number of carbonyl (C=O) groups excluding carboxylic acids is 2. The fourth-order valence-electron chi connectivity index (χ4n) is 2.20. The minimum Gasteiger partial charge on any atom is -0.450 e. The first-order valence-electron chi connectivity index (χ1n) is 7.14. The highest BCUT2D eigenvalue weighted by molar-refractivity contribution is 5.81. The van der Waals surface area contributed by atoms with Gasteiger partial charge in [-0.3, -0.25) is 4.79 Å². The van der Waals surface area contributed by atoms with Crippen LogP contribution in [0.3, 0.4) is 0 Å². The summed E-state index contributed by atoms with van der Waals surface area (Å²) in [7, 11) is 0. The molecule has 0 bridgehead atoms. The summed E-state index contributed by atoms with van der Waals surface area (Å²) >= 11 is 0. The van der Waals surface area contributed by atoms with Gasteiger partial charge >= 0.3 is 6.09 Å². The molecule has 0 aliphatic carbocycles. The van der Waals surface area contributed by atoms with Crippen LogP contribution in [0.4, 0.5) is 4.79 Å². The summed E-state index contributed by atoms with van der Waals surface area (Å²) in [6, 6.07) is 0.0132. The number of hydrogen-bond donors (Lipinski definition) is 2. The molecule has 6 heteroatoms. The second-order valence-corrected chi connectivity index (χ2v) is 4.88. The predicted molar refractivity (Wildman–Crippen MR) is 77.4 cm³/mol. The average molecular weight is 283 g/mol. The summed E-state index contributed by atoms with van der Waals surface area (Å²) in [4.78, 5) is 25.0. The third-order valence-electron chi connectivity index (χ3n) is 3.32. The quantitative estimate of drug-likeness (QED) is 0.710. The normalized spacial score (nSPS) is 17.4. The molecule has 20 heavy (non-hydrogen) atoms. The van der Waals surface area contributed by atoms with Crippen molar-refractivity contribution in [2.24, 2.45) is 0 Å². The first kappa shape index (κ1) is 16.5. The number of hydrogen-bond acceptors (Lipinski definition) is 4. The van der Waals surface area contributed by atoms with Crippen molar-refractivity contribution in [3.05, 3.63) is 12.7 Å². The van der Waals surface area contributed by atoms with Crippen LogP contribution in [0, 0.1) is 0 Å². The Morgan fingerprint density at radius 1 is 1.45 bits per heavy atom. The Morgan fingerprint density at radius 2 is 2.10 bits per heavy atom. The van der Waals surface area contributed by atoms with Crippen molar-refractivity contribution >= 4 is 12.0 Å². The van der Waals surface area contributed by atoms with Gasteiger partial charge in [-0.2, -0.15) is 0 Å². The van der Waals surface area contributed by atoms with Gasteiger partial charge in [0.05, 0.1) is 12.6 Å². The molecule has 0 aromatic carbocycles. The minimum atomic E-state index is -0.247. The maximum atomic E-state index is 11.7. The summed E-state index contributed by atoms with van der Waals surface area (Å²) in [6.07, 6.45) is 3.07. The molecule has 1 unspecified atom stereocenters. The van der Waals surface area contributed by atoms with Crippen LogP contribution in [0.15, 0.2) is 12.7 Å². The van der Waals surface area contributed by atoms with Crippen molar-refractivity contribution in [3.63, 3.8) is 0 Å². The fraction of sp³-hybridized carbons (Fsp3) is 0.714. The summed E-state index contributed by atoms with van der Waals surface area (Å²) in [6.45, 7) is 9.41. The van der Waals surface area contributed by atoms with Crippen LogP contribution in [0.1, 0.15) is 26.7 Å². The van der Waals surface area contributed by atoms with Crippen LogP contribution in [0.25, 0.3) is 0 Å². The van der Waals surface area contributed by atoms with Gasteiger partial charge in [0, 0.05) is 25.7 Å². The second kappa shape index (κ2) is 8.58. The monoisotopic (exact) mass is 283 g/mol. The number of nitrogens with one attached hydrogen (secondary N) is 2. The molecule has 1 rings (SSSR count). The van der Waals surface area contributed by atoms with Gasteiger partial charge in [-0.25, -0.2) is 4.79 Å². The average Bonchev–Trinajstić information content (AvgIpc) is 2.45. The summed E-state index contributed by atoms with van der Waals surface area (Å²) in [5.74, 6) is -0.0299. The van der Waals surface area contributed by atoms with Crippen LogP contribution in [-0.4, -0.2) is 55.2 Å². The van der Waals surface area contributed by atoms with E-state index in [1.54, 1.807) is 17.9 Å². The molecular formula is C14H25N3O3. The molecular weight excluding hydrogens is 258 g/mol. The van der Waals surface area contributed by atoms with Gasteiger partial charge in [0.1, 0.15) is 0 Å². The largest absolute Gasteiger partial charge is 0.450 e. The van der Waals surface area contributed by atoms with Crippen LogP contribution in [0.5, 0.6) is 0 Å². The number of piperidine rings is 1. The number of carbonyl (C=O) groups is 2. The van der Waals surface area contributed by atoms with Crippen molar-refractivity contribution in [2.45, 2.75) is 38.8 Å². The van der Waals surface area contributed by atoms with Crippen LogP contribution in [0.2, 0.25) is 0 Å². The van der Waals surface area contributed by atoms with Crippen LogP contribution < -0.4 is 10.6 Å². The molecule has 0 aromatic rings. The highest BCUT2D eigenvalue weighted by Gasteiger charge is 2.25. The number of rotatable bonds is 6. The van der Waals surface area contributed by atoms with Crippen molar-refractivity contribution in [2.75, 3.05) is 26.2 Å². The third kappa shape index (κ3) is 5.21. The van der Waals surface area contributed by atoms with E-state index in [0.29, 0.717) is 26.2 Å². The molecule has 6 nitrogen and oxygen atoms in total. The standard InChI is InChI=1S/C14H25N3O3/c1-4-8-15-13(18)11(3)16-12-6-9-17(10-7-12)14(19)20-5-2/h4,11-12,16H,1,5-10H2,2-3H3,(H,15,18). The zero-order valence-corrected chi connectivity index (χ0v) is 12.4. The molecule has 2 amide bonds. The van der Waals surface area contributed by atoms with Gasteiger partial charge < -0.3 is 20.3 Å². The smallest absolute Gasteiger partial charge is 0.409 e.